The molecule has 1 N–H and O–H groups in total. The zero-order valence-electron chi connectivity index (χ0n) is 11.0. The van der Waals surface area contributed by atoms with Gasteiger partial charge in [-0.2, -0.15) is 0 Å². The Labute approximate surface area is 104 Å². The molecule has 0 aliphatic carbocycles. The van der Waals surface area contributed by atoms with Crippen molar-refractivity contribution in [2.45, 2.75) is 58.0 Å². The summed E-state index contributed by atoms with van der Waals surface area (Å²) in [5.74, 6) is 0.483. The van der Waals surface area contributed by atoms with Gasteiger partial charge in [0.2, 0.25) is 0 Å². The summed E-state index contributed by atoms with van der Waals surface area (Å²) >= 11 is 0. The summed E-state index contributed by atoms with van der Waals surface area (Å²) in [7, 11) is 0. The molecule has 0 saturated carbocycles. The first-order chi connectivity index (χ1) is 8.27. The summed E-state index contributed by atoms with van der Waals surface area (Å²) in [5.41, 5.74) is -0.0240. The predicted octanol–water partition coefficient (Wildman–Crippen LogP) is 2.29. The molecule has 98 valence electrons. The van der Waals surface area contributed by atoms with Gasteiger partial charge in [0.05, 0.1) is 6.10 Å². The molecule has 17 heavy (non-hydrogen) atoms. The summed E-state index contributed by atoms with van der Waals surface area (Å²) in [6, 6.07) is 0. The van der Waals surface area contributed by atoms with Crippen LogP contribution in [0.2, 0.25) is 0 Å². The molecule has 0 aromatic carbocycles. The second-order valence-electron chi connectivity index (χ2n) is 5.48. The molecule has 2 aliphatic heterocycles. The largest absolute Gasteiger partial charge is 0.378 e. The molecule has 3 nitrogen and oxygen atoms in total. The Morgan fingerprint density at radius 3 is 2.76 bits per heavy atom. The number of Topliss-reactive ketones (excluding diaryl/α,β-unsaturated/α-hetero) is 1. The summed E-state index contributed by atoms with van der Waals surface area (Å²) in [6.07, 6.45) is 7.37. The zero-order chi connectivity index (χ0) is 12.1. The van der Waals surface area contributed by atoms with E-state index in [1.165, 1.54) is 6.42 Å². The predicted molar refractivity (Wildman–Crippen MR) is 68.0 cm³/mol. The summed E-state index contributed by atoms with van der Waals surface area (Å²) in [5, 5.41) is 3.35. The van der Waals surface area contributed by atoms with Crippen molar-refractivity contribution in [3.05, 3.63) is 0 Å². The Morgan fingerprint density at radius 1 is 1.41 bits per heavy atom. The molecule has 2 aliphatic rings. The van der Waals surface area contributed by atoms with Crippen LogP contribution in [-0.4, -0.2) is 31.6 Å². The fourth-order valence-electron chi connectivity index (χ4n) is 3.16. The number of piperidine rings is 1. The molecule has 1 atom stereocenters. The van der Waals surface area contributed by atoms with E-state index in [4.69, 9.17) is 4.74 Å². The monoisotopic (exact) mass is 239 g/mol. The van der Waals surface area contributed by atoms with Gasteiger partial charge in [0.15, 0.2) is 0 Å². The van der Waals surface area contributed by atoms with Crippen LogP contribution in [0.15, 0.2) is 0 Å². The third kappa shape index (κ3) is 3.08. The summed E-state index contributed by atoms with van der Waals surface area (Å²) in [6.45, 7) is 5.05. The Bertz CT molecular complexity index is 253. The lowest BCUT2D eigenvalue weighted by Gasteiger charge is -2.35. The maximum atomic E-state index is 12.4. The van der Waals surface area contributed by atoms with Gasteiger partial charge < -0.3 is 10.1 Å². The van der Waals surface area contributed by atoms with Crippen molar-refractivity contribution >= 4 is 5.78 Å². The number of ether oxygens (including phenoxy) is 1. The highest BCUT2D eigenvalue weighted by Gasteiger charge is 2.37. The molecule has 2 rings (SSSR count). The van der Waals surface area contributed by atoms with Crippen LogP contribution in [0.3, 0.4) is 0 Å². The topological polar surface area (TPSA) is 38.3 Å². The number of hydrogen-bond donors (Lipinski definition) is 1. The van der Waals surface area contributed by atoms with E-state index < -0.39 is 0 Å². The zero-order valence-corrected chi connectivity index (χ0v) is 11.0. The molecule has 1 unspecified atom stereocenters. The van der Waals surface area contributed by atoms with Crippen LogP contribution < -0.4 is 5.32 Å². The van der Waals surface area contributed by atoms with Crippen LogP contribution in [0.5, 0.6) is 0 Å². The molecule has 3 heteroatoms. The van der Waals surface area contributed by atoms with Crippen molar-refractivity contribution in [2.24, 2.45) is 5.41 Å². The van der Waals surface area contributed by atoms with Crippen LogP contribution in [-0.2, 0) is 9.53 Å². The molecule has 0 spiro atoms. The van der Waals surface area contributed by atoms with Crippen molar-refractivity contribution < 1.29 is 9.53 Å². The first kappa shape index (κ1) is 13.0. The number of rotatable bonds is 5. The molecule has 0 radical (unpaired) electrons. The van der Waals surface area contributed by atoms with E-state index in [1.807, 2.05) is 0 Å². The standard InChI is InChI=1S/C14H25NO2/c1-2-14(7-9-15-10-8-14)13(16)6-5-12-4-3-11-17-12/h12,15H,2-11H2,1H3. The Hall–Kier alpha value is -0.410. The molecule has 0 bridgehead atoms. The lowest BCUT2D eigenvalue weighted by Crippen LogP contribution is -2.42. The van der Waals surface area contributed by atoms with Crippen molar-refractivity contribution in [3.63, 3.8) is 0 Å². The van der Waals surface area contributed by atoms with E-state index in [0.29, 0.717) is 11.9 Å². The van der Waals surface area contributed by atoms with E-state index in [2.05, 4.69) is 12.2 Å². The minimum absolute atomic E-state index is 0.0240. The molecule has 2 heterocycles. The van der Waals surface area contributed by atoms with E-state index >= 15 is 0 Å². The third-order valence-electron chi connectivity index (χ3n) is 4.55. The van der Waals surface area contributed by atoms with Gasteiger partial charge in [0.25, 0.3) is 0 Å². The average molecular weight is 239 g/mol. The smallest absolute Gasteiger partial charge is 0.139 e. The van der Waals surface area contributed by atoms with Crippen LogP contribution in [0, 0.1) is 5.41 Å². The molecular weight excluding hydrogens is 214 g/mol. The Morgan fingerprint density at radius 2 is 2.18 bits per heavy atom. The number of nitrogens with one attached hydrogen (secondary N) is 1. The van der Waals surface area contributed by atoms with Crippen molar-refractivity contribution in [3.8, 4) is 0 Å². The molecule has 2 fully saturated rings. The van der Waals surface area contributed by atoms with Gasteiger partial charge in [-0.15, -0.1) is 0 Å². The van der Waals surface area contributed by atoms with Gasteiger partial charge in [0.1, 0.15) is 5.78 Å². The minimum Gasteiger partial charge on any atom is -0.378 e. The molecular formula is C14H25NO2. The quantitative estimate of drug-likeness (QED) is 0.800. The normalized spacial score (nSPS) is 28.2. The van der Waals surface area contributed by atoms with Gasteiger partial charge in [-0.3, -0.25) is 4.79 Å². The van der Waals surface area contributed by atoms with Gasteiger partial charge in [0, 0.05) is 18.4 Å². The number of ketones is 1. The lowest BCUT2D eigenvalue weighted by molar-refractivity contribution is -0.131. The van der Waals surface area contributed by atoms with Crippen molar-refractivity contribution in [2.75, 3.05) is 19.7 Å². The molecule has 0 aromatic heterocycles. The minimum atomic E-state index is -0.0240. The number of carbonyl (C=O) groups is 1. The van der Waals surface area contributed by atoms with Crippen LogP contribution in [0.25, 0.3) is 0 Å². The fraction of sp³-hybridized carbons (Fsp3) is 0.929. The van der Waals surface area contributed by atoms with Gasteiger partial charge in [-0.25, -0.2) is 0 Å². The summed E-state index contributed by atoms with van der Waals surface area (Å²) < 4.78 is 5.59. The van der Waals surface area contributed by atoms with Crippen LogP contribution in [0.1, 0.15) is 51.9 Å². The first-order valence-electron chi connectivity index (χ1n) is 7.12. The lowest BCUT2D eigenvalue weighted by atomic mass is 9.72. The highest BCUT2D eigenvalue weighted by Crippen LogP contribution is 2.35. The second-order valence-corrected chi connectivity index (χ2v) is 5.48. The van der Waals surface area contributed by atoms with Crippen LogP contribution in [0.4, 0.5) is 0 Å². The second kappa shape index (κ2) is 5.96. The van der Waals surface area contributed by atoms with Crippen molar-refractivity contribution in [1.82, 2.24) is 5.32 Å². The van der Waals surface area contributed by atoms with Crippen LogP contribution >= 0.6 is 0 Å². The third-order valence-corrected chi connectivity index (χ3v) is 4.55. The van der Waals surface area contributed by atoms with E-state index in [0.717, 1.165) is 58.2 Å². The Kier molecular flexibility index (Phi) is 4.57. The molecule has 0 aromatic rings. The summed E-state index contributed by atoms with van der Waals surface area (Å²) in [4.78, 5) is 12.4. The van der Waals surface area contributed by atoms with Gasteiger partial charge in [-0.1, -0.05) is 6.92 Å². The first-order valence-corrected chi connectivity index (χ1v) is 7.12. The fourth-order valence-corrected chi connectivity index (χ4v) is 3.16. The number of hydrogen-bond acceptors (Lipinski definition) is 3. The average Bonchev–Trinajstić information content (AvgIpc) is 2.90. The van der Waals surface area contributed by atoms with E-state index in [-0.39, 0.29) is 5.41 Å². The molecule has 0 amide bonds. The van der Waals surface area contributed by atoms with Crippen molar-refractivity contribution in [1.29, 1.82) is 0 Å². The maximum absolute atomic E-state index is 12.4. The molecule has 2 saturated heterocycles. The SMILES string of the molecule is CCC1(C(=O)CCC2CCCO2)CCNCC1. The maximum Gasteiger partial charge on any atom is 0.139 e. The number of carbonyl (C=O) groups excluding carboxylic acids is 1. The highest BCUT2D eigenvalue weighted by atomic mass is 16.5. The van der Waals surface area contributed by atoms with Gasteiger partial charge >= 0.3 is 0 Å². The van der Waals surface area contributed by atoms with E-state index in [9.17, 15) is 4.79 Å². The highest BCUT2D eigenvalue weighted by molar-refractivity contribution is 5.84. The van der Waals surface area contributed by atoms with E-state index in [1.54, 1.807) is 0 Å². The van der Waals surface area contributed by atoms with Gasteiger partial charge in [-0.05, 0) is 51.6 Å². The Balaban J connectivity index is 1.83.